The zero-order valence-electron chi connectivity index (χ0n) is 13.4. The largest absolute Gasteiger partial charge is 0.355 e. The number of nitrogens with one attached hydrogen (secondary N) is 2. The molecular formula is C16H24N4OS. The Bertz CT molecular complexity index is 579. The summed E-state index contributed by atoms with van der Waals surface area (Å²) in [6, 6.07) is 4.49. The molecule has 0 unspecified atom stereocenters. The van der Waals surface area contributed by atoms with Crippen molar-refractivity contribution in [2.24, 2.45) is 0 Å². The van der Waals surface area contributed by atoms with Gasteiger partial charge in [-0.25, -0.2) is 0 Å². The highest BCUT2D eigenvalue weighted by molar-refractivity contribution is 7.09. The van der Waals surface area contributed by atoms with Crippen molar-refractivity contribution in [3.05, 3.63) is 40.3 Å². The van der Waals surface area contributed by atoms with E-state index < -0.39 is 0 Å². The maximum absolute atomic E-state index is 11.8. The number of carbonyl (C=O) groups excluding carboxylic acids is 1. The summed E-state index contributed by atoms with van der Waals surface area (Å²) in [7, 11) is 0. The lowest BCUT2D eigenvalue weighted by Crippen LogP contribution is -2.41. The SMILES string of the molecule is Cc1cnn([C@@H](C)[C@H](C)NCC(=O)NCCc2cccs2)c1. The molecule has 6 heteroatoms. The number of aromatic nitrogens is 2. The lowest BCUT2D eigenvalue weighted by Gasteiger charge is -2.21. The molecule has 2 aromatic heterocycles. The molecule has 0 radical (unpaired) electrons. The first-order valence-electron chi connectivity index (χ1n) is 7.59. The number of rotatable bonds is 8. The third-order valence-corrected chi connectivity index (χ3v) is 4.67. The number of aryl methyl sites for hydroxylation is 1. The van der Waals surface area contributed by atoms with Gasteiger partial charge in [0.15, 0.2) is 0 Å². The first-order chi connectivity index (χ1) is 10.6. The minimum absolute atomic E-state index is 0.0345. The van der Waals surface area contributed by atoms with Crippen molar-refractivity contribution in [1.82, 2.24) is 20.4 Å². The number of hydrogen-bond donors (Lipinski definition) is 2. The summed E-state index contributed by atoms with van der Waals surface area (Å²) in [6.07, 6.45) is 4.76. The van der Waals surface area contributed by atoms with Crippen LogP contribution in [0.2, 0.25) is 0 Å². The Morgan fingerprint density at radius 2 is 2.27 bits per heavy atom. The Kier molecular flexibility index (Phi) is 6.15. The molecule has 0 fully saturated rings. The first-order valence-corrected chi connectivity index (χ1v) is 8.47. The van der Waals surface area contributed by atoms with Crippen molar-refractivity contribution in [3.8, 4) is 0 Å². The van der Waals surface area contributed by atoms with Gasteiger partial charge in [0.05, 0.1) is 18.8 Å². The molecule has 0 aromatic carbocycles. The molecule has 0 aliphatic heterocycles. The molecule has 0 saturated heterocycles. The van der Waals surface area contributed by atoms with Crippen LogP contribution in [0.4, 0.5) is 0 Å². The number of carbonyl (C=O) groups is 1. The van der Waals surface area contributed by atoms with Crippen molar-refractivity contribution >= 4 is 17.2 Å². The van der Waals surface area contributed by atoms with E-state index in [1.54, 1.807) is 11.3 Å². The molecule has 120 valence electrons. The maximum atomic E-state index is 11.8. The van der Waals surface area contributed by atoms with Crippen molar-refractivity contribution < 1.29 is 4.79 Å². The molecule has 0 spiro atoms. The standard InChI is InChI=1S/C16H24N4OS/c1-12-9-19-20(11-12)14(3)13(2)18-10-16(21)17-7-6-15-5-4-8-22-15/h4-5,8-9,11,13-14,18H,6-7,10H2,1-3H3,(H,17,21)/t13-,14-/m0/s1. The van der Waals surface area contributed by atoms with Gasteiger partial charge < -0.3 is 10.6 Å². The number of hydrogen-bond acceptors (Lipinski definition) is 4. The minimum Gasteiger partial charge on any atom is -0.355 e. The van der Waals surface area contributed by atoms with E-state index in [0.29, 0.717) is 13.1 Å². The van der Waals surface area contributed by atoms with Gasteiger partial charge >= 0.3 is 0 Å². The quantitative estimate of drug-likeness (QED) is 0.783. The summed E-state index contributed by atoms with van der Waals surface area (Å²) < 4.78 is 1.93. The van der Waals surface area contributed by atoms with Crippen molar-refractivity contribution in [2.45, 2.75) is 39.3 Å². The van der Waals surface area contributed by atoms with E-state index in [9.17, 15) is 4.79 Å². The minimum atomic E-state index is 0.0345. The van der Waals surface area contributed by atoms with Gasteiger partial charge in [0.1, 0.15) is 0 Å². The van der Waals surface area contributed by atoms with Gasteiger partial charge in [0.25, 0.3) is 0 Å². The molecule has 5 nitrogen and oxygen atoms in total. The normalized spacial score (nSPS) is 13.8. The highest BCUT2D eigenvalue weighted by Gasteiger charge is 2.15. The summed E-state index contributed by atoms with van der Waals surface area (Å²) in [4.78, 5) is 13.1. The van der Waals surface area contributed by atoms with Crippen molar-refractivity contribution in [2.75, 3.05) is 13.1 Å². The Labute approximate surface area is 135 Å². The average molecular weight is 320 g/mol. The Morgan fingerprint density at radius 1 is 1.45 bits per heavy atom. The molecule has 0 aliphatic rings. The van der Waals surface area contributed by atoms with Gasteiger partial charge in [-0.2, -0.15) is 5.10 Å². The first kappa shape index (κ1) is 16.7. The fourth-order valence-corrected chi connectivity index (χ4v) is 2.86. The van der Waals surface area contributed by atoms with Gasteiger partial charge in [-0.3, -0.25) is 9.48 Å². The van der Waals surface area contributed by atoms with E-state index in [1.165, 1.54) is 4.88 Å². The number of amides is 1. The van der Waals surface area contributed by atoms with E-state index in [-0.39, 0.29) is 18.0 Å². The predicted octanol–water partition coefficient (Wildman–Crippen LogP) is 2.15. The van der Waals surface area contributed by atoms with E-state index in [2.05, 4.69) is 41.0 Å². The average Bonchev–Trinajstić information content (AvgIpc) is 3.15. The zero-order valence-corrected chi connectivity index (χ0v) is 14.2. The van der Waals surface area contributed by atoms with Crippen molar-refractivity contribution in [1.29, 1.82) is 0 Å². The van der Waals surface area contributed by atoms with Gasteiger partial charge in [-0.1, -0.05) is 6.07 Å². The number of nitrogens with zero attached hydrogens (tertiary/aromatic N) is 2. The molecule has 22 heavy (non-hydrogen) atoms. The zero-order chi connectivity index (χ0) is 15.9. The van der Waals surface area contributed by atoms with Crippen LogP contribution in [0.15, 0.2) is 29.9 Å². The Hall–Kier alpha value is -1.66. The highest BCUT2D eigenvalue weighted by atomic mass is 32.1. The Morgan fingerprint density at radius 3 is 2.91 bits per heavy atom. The highest BCUT2D eigenvalue weighted by Crippen LogP contribution is 2.10. The van der Waals surface area contributed by atoms with Crippen LogP contribution >= 0.6 is 11.3 Å². The number of thiophene rings is 1. The van der Waals surface area contributed by atoms with Crippen LogP contribution in [0, 0.1) is 6.92 Å². The molecule has 0 aliphatic carbocycles. The topological polar surface area (TPSA) is 59.0 Å². The van der Waals surface area contributed by atoms with Gasteiger partial charge in [-0.15, -0.1) is 11.3 Å². The molecule has 2 atom stereocenters. The van der Waals surface area contributed by atoms with E-state index >= 15 is 0 Å². The molecule has 2 N–H and O–H groups in total. The molecular weight excluding hydrogens is 296 g/mol. The summed E-state index contributed by atoms with van der Waals surface area (Å²) in [5.74, 6) is 0.0345. The fourth-order valence-electron chi connectivity index (χ4n) is 2.15. The second kappa shape index (κ2) is 8.10. The van der Waals surface area contributed by atoms with Crippen molar-refractivity contribution in [3.63, 3.8) is 0 Å². The lowest BCUT2D eigenvalue weighted by molar-refractivity contribution is -0.120. The molecule has 0 bridgehead atoms. The van der Waals surface area contributed by atoms with Gasteiger partial charge in [0, 0.05) is 23.7 Å². The predicted molar refractivity (Wildman–Crippen MR) is 90.2 cm³/mol. The smallest absolute Gasteiger partial charge is 0.233 e. The summed E-state index contributed by atoms with van der Waals surface area (Å²) in [5, 5.41) is 12.6. The summed E-state index contributed by atoms with van der Waals surface area (Å²) in [6.45, 7) is 7.20. The lowest BCUT2D eigenvalue weighted by atomic mass is 10.2. The van der Waals surface area contributed by atoms with Crippen LogP contribution in [0.1, 0.15) is 30.3 Å². The third-order valence-electron chi connectivity index (χ3n) is 3.73. The third kappa shape index (κ3) is 4.96. The molecule has 2 aromatic rings. The van der Waals surface area contributed by atoms with E-state index in [4.69, 9.17) is 0 Å². The van der Waals surface area contributed by atoms with Crippen LogP contribution in [0.25, 0.3) is 0 Å². The monoisotopic (exact) mass is 320 g/mol. The summed E-state index contributed by atoms with van der Waals surface area (Å²) >= 11 is 1.72. The molecule has 2 rings (SSSR count). The molecule has 2 heterocycles. The maximum Gasteiger partial charge on any atom is 0.233 e. The van der Waals surface area contributed by atoms with Gasteiger partial charge in [0.2, 0.25) is 5.91 Å². The van der Waals surface area contributed by atoms with E-state index in [1.807, 2.05) is 30.1 Å². The van der Waals surface area contributed by atoms with Crippen LogP contribution in [-0.2, 0) is 11.2 Å². The summed E-state index contributed by atoms with van der Waals surface area (Å²) in [5.41, 5.74) is 1.14. The van der Waals surface area contributed by atoms with Gasteiger partial charge in [-0.05, 0) is 44.2 Å². The Balaban J connectivity index is 1.66. The van der Waals surface area contributed by atoms with Crippen LogP contribution in [-0.4, -0.2) is 34.8 Å². The molecule has 1 amide bonds. The van der Waals surface area contributed by atoms with Crippen LogP contribution < -0.4 is 10.6 Å². The second-order valence-electron chi connectivity index (χ2n) is 5.59. The molecule has 0 saturated carbocycles. The van der Waals surface area contributed by atoms with E-state index in [0.717, 1.165) is 12.0 Å². The van der Waals surface area contributed by atoms with Crippen LogP contribution in [0.5, 0.6) is 0 Å². The fraction of sp³-hybridized carbons (Fsp3) is 0.500. The second-order valence-corrected chi connectivity index (χ2v) is 6.62. The van der Waals surface area contributed by atoms with Crippen LogP contribution in [0.3, 0.4) is 0 Å².